The minimum atomic E-state index is -0.672. The number of phenolic OH excluding ortho intramolecular Hbond substituents is 1. The number of aromatic hydroxyl groups is 1. The van der Waals surface area contributed by atoms with Crippen LogP contribution in [-0.2, 0) is 6.61 Å². The molecule has 0 fully saturated rings. The molecule has 0 amide bonds. The van der Waals surface area contributed by atoms with Crippen molar-refractivity contribution in [3.05, 3.63) is 23.0 Å². The second-order valence-electron chi connectivity index (χ2n) is 2.68. The van der Waals surface area contributed by atoms with Gasteiger partial charge in [-0.15, -0.1) is 0 Å². The van der Waals surface area contributed by atoms with Gasteiger partial charge >= 0.3 is 0 Å². The molecule has 0 heterocycles. The third-order valence-electron chi connectivity index (χ3n) is 1.94. The van der Waals surface area contributed by atoms with Crippen LogP contribution in [-0.4, -0.2) is 17.3 Å². The summed E-state index contributed by atoms with van der Waals surface area (Å²) in [5.74, 6) is -1.11. The quantitative estimate of drug-likeness (QED) is 0.732. The Labute approximate surface area is 75.4 Å². The summed E-state index contributed by atoms with van der Waals surface area (Å²) in [6, 6.07) is 1.15. The maximum absolute atomic E-state index is 13.1. The molecular formula is C9H11FO3. The average molecular weight is 186 g/mol. The van der Waals surface area contributed by atoms with Crippen molar-refractivity contribution in [2.75, 3.05) is 7.11 Å². The van der Waals surface area contributed by atoms with E-state index in [2.05, 4.69) is 4.74 Å². The minimum Gasteiger partial charge on any atom is -0.504 e. The molecule has 4 heteroatoms. The van der Waals surface area contributed by atoms with Gasteiger partial charge in [-0.25, -0.2) is 4.39 Å². The molecule has 72 valence electrons. The number of methoxy groups -OCH3 is 1. The van der Waals surface area contributed by atoms with Gasteiger partial charge in [0.1, 0.15) is 0 Å². The molecule has 0 radical (unpaired) electrons. The van der Waals surface area contributed by atoms with Crippen LogP contribution in [0.5, 0.6) is 11.5 Å². The molecule has 1 rings (SSSR count). The second-order valence-corrected chi connectivity index (χ2v) is 2.68. The van der Waals surface area contributed by atoms with E-state index in [1.54, 1.807) is 6.92 Å². The lowest BCUT2D eigenvalue weighted by Gasteiger charge is -2.10. The van der Waals surface area contributed by atoms with Crippen molar-refractivity contribution in [3.63, 3.8) is 0 Å². The Morgan fingerprint density at radius 2 is 2.15 bits per heavy atom. The predicted octanol–water partition coefficient (Wildman–Crippen LogP) is 1.34. The van der Waals surface area contributed by atoms with Crippen LogP contribution in [0.1, 0.15) is 11.1 Å². The highest BCUT2D eigenvalue weighted by Gasteiger charge is 2.14. The predicted molar refractivity (Wildman–Crippen MR) is 45.3 cm³/mol. The largest absolute Gasteiger partial charge is 0.504 e. The Hall–Kier alpha value is -1.29. The number of hydrogen-bond acceptors (Lipinski definition) is 3. The number of ether oxygens (including phenoxy) is 1. The van der Waals surface area contributed by atoms with E-state index < -0.39 is 5.82 Å². The number of hydrogen-bond donors (Lipinski definition) is 2. The van der Waals surface area contributed by atoms with E-state index in [0.717, 1.165) is 6.07 Å². The van der Waals surface area contributed by atoms with Gasteiger partial charge in [-0.1, -0.05) is 0 Å². The van der Waals surface area contributed by atoms with E-state index in [0.29, 0.717) is 11.1 Å². The highest BCUT2D eigenvalue weighted by atomic mass is 19.1. The molecule has 0 spiro atoms. The molecule has 0 aromatic heterocycles. The fourth-order valence-electron chi connectivity index (χ4n) is 1.12. The summed E-state index contributed by atoms with van der Waals surface area (Å²) in [6.07, 6.45) is 0. The molecule has 0 aliphatic heterocycles. The van der Waals surface area contributed by atoms with Crippen LogP contribution in [0.3, 0.4) is 0 Å². The Morgan fingerprint density at radius 1 is 1.54 bits per heavy atom. The smallest absolute Gasteiger partial charge is 0.196 e. The minimum absolute atomic E-state index is 0.185. The molecule has 1 aromatic rings. The zero-order chi connectivity index (χ0) is 10.0. The van der Waals surface area contributed by atoms with Crippen LogP contribution >= 0.6 is 0 Å². The molecule has 0 aliphatic rings. The Bertz CT molecular complexity index is 323. The van der Waals surface area contributed by atoms with Crippen LogP contribution in [0.4, 0.5) is 4.39 Å². The third kappa shape index (κ3) is 1.58. The maximum Gasteiger partial charge on any atom is 0.196 e. The SMILES string of the molecule is COc1c(F)cc(CO)c(C)c1O. The number of rotatable bonds is 2. The fraction of sp³-hybridized carbons (Fsp3) is 0.333. The summed E-state index contributed by atoms with van der Waals surface area (Å²) in [7, 11) is 1.27. The van der Waals surface area contributed by atoms with E-state index in [-0.39, 0.29) is 18.1 Å². The molecule has 1 aromatic carbocycles. The first-order valence-electron chi connectivity index (χ1n) is 3.77. The van der Waals surface area contributed by atoms with Gasteiger partial charge in [0.15, 0.2) is 17.3 Å². The highest BCUT2D eigenvalue weighted by Crippen LogP contribution is 2.34. The van der Waals surface area contributed by atoms with Gasteiger partial charge < -0.3 is 14.9 Å². The van der Waals surface area contributed by atoms with Crippen LogP contribution in [0.15, 0.2) is 6.07 Å². The molecule has 2 N–H and O–H groups in total. The normalized spacial score (nSPS) is 10.2. The summed E-state index contributed by atoms with van der Waals surface area (Å²) >= 11 is 0. The van der Waals surface area contributed by atoms with Gasteiger partial charge in [-0.3, -0.25) is 0 Å². The van der Waals surface area contributed by atoms with Gasteiger partial charge in [0.2, 0.25) is 0 Å². The van der Waals surface area contributed by atoms with Crippen molar-refractivity contribution in [1.29, 1.82) is 0 Å². The molecule has 0 unspecified atom stereocenters. The molecule has 0 saturated carbocycles. The Balaban J connectivity index is 3.37. The summed E-state index contributed by atoms with van der Waals surface area (Å²) in [5, 5.41) is 18.2. The van der Waals surface area contributed by atoms with Crippen LogP contribution < -0.4 is 4.74 Å². The van der Waals surface area contributed by atoms with Crippen molar-refractivity contribution >= 4 is 0 Å². The van der Waals surface area contributed by atoms with E-state index in [9.17, 15) is 9.50 Å². The number of aliphatic hydroxyl groups is 1. The number of phenols is 1. The van der Waals surface area contributed by atoms with Gasteiger partial charge in [0.25, 0.3) is 0 Å². The zero-order valence-corrected chi connectivity index (χ0v) is 7.47. The maximum atomic E-state index is 13.1. The Kier molecular flexibility index (Phi) is 2.72. The highest BCUT2D eigenvalue weighted by molar-refractivity contribution is 5.49. The first-order chi connectivity index (χ1) is 6.11. The Morgan fingerprint density at radius 3 is 2.62 bits per heavy atom. The second kappa shape index (κ2) is 3.62. The molecule has 0 atom stereocenters. The monoisotopic (exact) mass is 186 g/mol. The first kappa shape index (κ1) is 9.80. The van der Waals surface area contributed by atoms with E-state index in [1.165, 1.54) is 7.11 Å². The van der Waals surface area contributed by atoms with Crippen molar-refractivity contribution in [1.82, 2.24) is 0 Å². The van der Waals surface area contributed by atoms with Crippen LogP contribution in [0.2, 0.25) is 0 Å². The summed E-state index contributed by atoms with van der Waals surface area (Å²) in [6.45, 7) is 1.28. The molecular weight excluding hydrogens is 175 g/mol. The van der Waals surface area contributed by atoms with Crippen molar-refractivity contribution in [2.24, 2.45) is 0 Å². The molecule has 3 nitrogen and oxygen atoms in total. The summed E-state index contributed by atoms with van der Waals surface area (Å²) in [5.41, 5.74) is 0.788. The molecule has 13 heavy (non-hydrogen) atoms. The summed E-state index contributed by atoms with van der Waals surface area (Å²) < 4.78 is 17.7. The van der Waals surface area contributed by atoms with Crippen molar-refractivity contribution < 1.29 is 19.3 Å². The number of aliphatic hydroxyl groups excluding tert-OH is 1. The topological polar surface area (TPSA) is 49.7 Å². The third-order valence-corrected chi connectivity index (χ3v) is 1.94. The lowest BCUT2D eigenvalue weighted by atomic mass is 10.1. The fourth-order valence-corrected chi connectivity index (χ4v) is 1.12. The van der Waals surface area contributed by atoms with E-state index >= 15 is 0 Å². The first-order valence-corrected chi connectivity index (χ1v) is 3.77. The standard InChI is InChI=1S/C9H11FO3/c1-5-6(4-11)3-7(10)9(13-2)8(5)12/h3,11-12H,4H2,1-2H3. The van der Waals surface area contributed by atoms with Gasteiger partial charge in [0.05, 0.1) is 13.7 Å². The van der Waals surface area contributed by atoms with Gasteiger partial charge in [0, 0.05) is 5.56 Å². The van der Waals surface area contributed by atoms with Crippen molar-refractivity contribution in [3.8, 4) is 11.5 Å². The van der Waals surface area contributed by atoms with Crippen LogP contribution in [0.25, 0.3) is 0 Å². The van der Waals surface area contributed by atoms with Crippen molar-refractivity contribution in [2.45, 2.75) is 13.5 Å². The lowest BCUT2D eigenvalue weighted by molar-refractivity contribution is 0.277. The van der Waals surface area contributed by atoms with Gasteiger partial charge in [-0.2, -0.15) is 0 Å². The molecule has 0 aliphatic carbocycles. The average Bonchev–Trinajstić information content (AvgIpc) is 2.12. The lowest BCUT2D eigenvalue weighted by Crippen LogP contribution is -1.96. The van der Waals surface area contributed by atoms with E-state index in [4.69, 9.17) is 5.11 Å². The molecule has 0 bridgehead atoms. The van der Waals surface area contributed by atoms with Gasteiger partial charge in [-0.05, 0) is 18.6 Å². The zero-order valence-electron chi connectivity index (χ0n) is 7.47. The van der Waals surface area contributed by atoms with E-state index in [1.807, 2.05) is 0 Å². The number of benzene rings is 1. The summed E-state index contributed by atoms with van der Waals surface area (Å²) in [4.78, 5) is 0. The number of halogens is 1. The van der Waals surface area contributed by atoms with Crippen LogP contribution in [0, 0.1) is 12.7 Å². The molecule has 0 saturated heterocycles.